The molecule has 1 fully saturated rings. The van der Waals surface area contributed by atoms with Crippen molar-refractivity contribution >= 4 is 0 Å². The lowest BCUT2D eigenvalue weighted by molar-refractivity contribution is 0.323. The summed E-state index contributed by atoms with van der Waals surface area (Å²) in [6.45, 7) is 3.67. The van der Waals surface area contributed by atoms with Crippen LogP contribution in [0.15, 0.2) is 0 Å². The molecule has 0 bridgehead atoms. The fraction of sp³-hybridized carbons (Fsp3) is 1.00. The molecule has 0 N–H and O–H groups in total. The minimum Gasteiger partial charge on any atom is -0.309 e. The molecule has 0 saturated heterocycles. The molecule has 10 heavy (non-hydrogen) atoms. The van der Waals surface area contributed by atoms with Crippen LogP contribution in [-0.2, 0) is 0 Å². The van der Waals surface area contributed by atoms with Gasteiger partial charge < -0.3 is 4.90 Å². The largest absolute Gasteiger partial charge is 0.309 e. The molecule has 1 saturated carbocycles. The van der Waals surface area contributed by atoms with Crippen molar-refractivity contribution in [2.24, 2.45) is 11.8 Å². The molecular formula is C9H19N. The van der Waals surface area contributed by atoms with Crippen molar-refractivity contribution in [2.75, 3.05) is 20.6 Å². The average Bonchev–Trinajstić information content (AvgIpc) is 2.13. The van der Waals surface area contributed by atoms with Gasteiger partial charge in [0.2, 0.25) is 0 Å². The first kappa shape index (κ1) is 8.06. The quantitative estimate of drug-likeness (QED) is 0.568. The summed E-state index contributed by atoms with van der Waals surface area (Å²) in [7, 11) is 4.34. The second kappa shape index (κ2) is 3.38. The van der Waals surface area contributed by atoms with E-state index in [9.17, 15) is 0 Å². The first-order valence-corrected chi connectivity index (χ1v) is 4.33. The predicted octanol–water partition coefficient (Wildman–Crippen LogP) is 1.98. The molecule has 0 spiro atoms. The Morgan fingerprint density at radius 1 is 1.30 bits per heavy atom. The van der Waals surface area contributed by atoms with Crippen LogP contribution >= 0.6 is 0 Å². The van der Waals surface area contributed by atoms with E-state index in [1.54, 1.807) is 0 Å². The molecule has 1 rings (SSSR count). The summed E-state index contributed by atoms with van der Waals surface area (Å²) in [6, 6.07) is 0. The zero-order valence-corrected chi connectivity index (χ0v) is 7.43. The number of rotatable bonds is 2. The van der Waals surface area contributed by atoms with Gasteiger partial charge in [0.25, 0.3) is 0 Å². The maximum absolute atomic E-state index is 2.37. The molecule has 0 aromatic carbocycles. The van der Waals surface area contributed by atoms with Crippen LogP contribution in [0.25, 0.3) is 0 Å². The average molecular weight is 141 g/mol. The van der Waals surface area contributed by atoms with E-state index in [4.69, 9.17) is 0 Å². The van der Waals surface area contributed by atoms with Crippen molar-refractivity contribution in [3.05, 3.63) is 0 Å². The van der Waals surface area contributed by atoms with E-state index in [1.807, 2.05) is 0 Å². The predicted molar refractivity (Wildman–Crippen MR) is 45.1 cm³/mol. The Labute approximate surface area is 64.4 Å². The maximum Gasteiger partial charge on any atom is 0.000366 e. The van der Waals surface area contributed by atoms with Crippen LogP contribution in [0.3, 0.4) is 0 Å². The fourth-order valence-electron chi connectivity index (χ4n) is 2.01. The normalized spacial score (nSPS) is 33.6. The summed E-state index contributed by atoms with van der Waals surface area (Å²) in [4.78, 5) is 2.31. The van der Waals surface area contributed by atoms with Crippen LogP contribution in [-0.4, -0.2) is 25.5 Å². The summed E-state index contributed by atoms with van der Waals surface area (Å²) >= 11 is 0. The smallest absolute Gasteiger partial charge is 0.000366 e. The standard InChI is InChI=1S/C9H19N/c1-8-4-5-9(6-8)7-10(2)3/h8-9H,4-7H2,1-3H3/t8?,9-/m1/s1. The zero-order valence-electron chi connectivity index (χ0n) is 7.43. The third-order valence-electron chi connectivity index (χ3n) is 2.43. The minimum absolute atomic E-state index is 0.991. The first-order valence-electron chi connectivity index (χ1n) is 4.33. The van der Waals surface area contributed by atoms with Gasteiger partial charge in [-0.3, -0.25) is 0 Å². The van der Waals surface area contributed by atoms with Crippen molar-refractivity contribution in [1.29, 1.82) is 0 Å². The van der Waals surface area contributed by atoms with E-state index < -0.39 is 0 Å². The first-order chi connectivity index (χ1) is 4.68. The molecule has 1 nitrogen and oxygen atoms in total. The Morgan fingerprint density at radius 3 is 2.40 bits per heavy atom. The molecular weight excluding hydrogens is 122 g/mol. The van der Waals surface area contributed by atoms with Gasteiger partial charge in [0.1, 0.15) is 0 Å². The molecule has 0 aliphatic heterocycles. The van der Waals surface area contributed by atoms with Crippen LogP contribution in [0.2, 0.25) is 0 Å². The molecule has 0 heterocycles. The van der Waals surface area contributed by atoms with Gasteiger partial charge in [-0.25, -0.2) is 0 Å². The molecule has 0 radical (unpaired) electrons. The number of nitrogens with zero attached hydrogens (tertiary/aromatic N) is 1. The third kappa shape index (κ3) is 2.30. The topological polar surface area (TPSA) is 3.24 Å². The van der Waals surface area contributed by atoms with E-state index in [-0.39, 0.29) is 0 Å². The van der Waals surface area contributed by atoms with Crippen molar-refractivity contribution in [3.63, 3.8) is 0 Å². The highest BCUT2D eigenvalue weighted by atomic mass is 15.1. The van der Waals surface area contributed by atoms with Crippen molar-refractivity contribution in [2.45, 2.75) is 26.2 Å². The van der Waals surface area contributed by atoms with E-state index in [0.29, 0.717) is 0 Å². The second-order valence-electron chi connectivity index (χ2n) is 4.05. The van der Waals surface area contributed by atoms with E-state index >= 15 is 0 Å². The van der Waals surface area contributed by atoms with Gasteiger partial charge in [-0.2, -0.15) is 0 Å². The van der Waals surface area contributed by atoms with Crippen LogP contribution in [0, 0.1) is 11.8 Å². The summed E-state index contributed by atoms with van der Waals surface area (Å²) < 4.78 is 0. The molecule has 1 aliphatic carbocycles. The van der Waals surface area contributed by atoms with Gasteiger partial charge in [-0.15, -0.1) is 0 Å². The van der Waals surface area contributed by atoms with Crippen LogP contribution in [0.5, 0.6) is 0 Å². The van der Waals surface area contributed by atoms with Crippen molar-refractivity contribution < 1.29 is 0 Å². The summed E-state index contributed by atoms with van der Waals surface area (Å²) in [5.74, 6) is 1.98. The highest BCUT2D eigenvalue weighted by molar-refractivity contribution is 4.73. The summed E-state index contributed by atoms with van der Waals surface area (Å²) in [5.41, 5.74) is 0. The lowest BCUT2D eigenvalue weighted by atomic mass is 10.1. The van der Waals surface area contributed by atoms with Crippen molar-refractivity contribution in [1.82, 2.24) is 4.90 Å². The Kier molecular flexibility index (Phi) is 2.72. The van der Waals surface area contributed by atoms with Gasteiger partial charge >= 0.3 is 0 Å². The van der Waals surface area contributed by atoms with Gasteiger partial charge in [0, 0.05) is 6.54 Å². The van der Waals surface area contributed by atoms with E-state index in [2.05, 4.69) is 25.9 Å². The minimum atomic E-state index is 0.991. The Balaban J connectivity index is 2.18. The SMILES string of the molecule is CC1CC[C@@H](CN(C)C)C1. The summed E-state index contributed by atoms with van der Waals surface area (Å²) in [5, 5.41) is 0. The van der Waals surface area contributed by atoms with Gasteiger partial charge in [-0.1, -0.05) is 13.3 Å². The Hall–Kier alpha value is -0.0400. The highest BCUT2D eigenvalue weighted by Crippen LogP contribution is 2.30. The van der Waals surface area contributed by atoms with Crippen LogP contribution in [0.1, 0.15) is 26.2 Å². The van der Waals surface area contributed by atoms with Gasteiger partial charge in [0.05, 0.1) is 0 Å². The second-order valence-corrected chi connectivity index (χ2v) is 4.05. The molecule has 1 aliphatic rings. The monoisotopic (exact) mass is 141 g/mol. The summed E-state index contributed by atoms with van der Waals surface area (Å²) in [6.07, 6.45) is 4.37. The third-order valence-corrected chi connectivity index (χ3v) is 2.43. The Morgan fingerprint density at radius 2 is 2.00 bits per heavy atom. The molecule has 1 unspecified atom stereocenters. The lowest BCUT2D eigenvalue weighted by Crippen LogP contribution is -2.19. The molecule has 0 amide bonds. The van der Waals surface area contributed by atoms with Crippen LogP contribution in [0.4, 0.5) is 0 Å². The van der Waals surface area contributed by atoms with E-state index in [1.165, 1.54) is 25.8 Å². The molecule has 0 aromatic rings. The van der Waals surface area contributed by atoms with Gasteiger partial charge in [0.15, 0.2) is 0 Å². The fourth-order valence-corrected chi connectivity index (χ4v) is 2.01. The molecule has 2 atom stereocenters. The zero-order chi connectivity index (χ0) is 7.56. The van der Waals surface area contributed by atoms with Crippen molar-refractivity contribution in [3.8, 4) is 0 Å². The number of hydrogen-bond donors (Lipinski definition) is 0. The van der Waals surface area contributed by atoms with E-state index in [0.717, 1.165) is 11.8 Å². The van der Waals surface area contributed by atoms with Gasteiger partial charge in [-0.05, 0) is 38.8 Å². The molecule has 0 aromatic heterocycles. The maximum atomic E-state index is 2.37. The number of hydrogen-bond acceptors (Lipinski definition) is 1. The molecule has 60 valence electrons. The highest BCUT2D eigenvalue weighted by Gasteiger charge is 2.21. The molecule has 1 heteroatoms. The van der Waals surface area contributed by atoms with Crippen LogP contribution < -0.4 is 0 Å². The lowest BCUT2D eigenvalue weighted by Gasteiger charge is -2.15. The Bertz CT molecular complexity index is 98.9.